The van der Waals surface area contributed by atoms with Crippen LogP contribution in [0.15, 0.2) is 48.5 Å². The first-order valence-electron chi connectivity index (χ1n) is 13.2. The van der Waals surface area contributed by atoms with Crippen LogP contribution in [0.25, 0.3) is 22.0 Å². The maximum atomic E-state index is 14.2. The maximum absolute atomic E-state index is 14.2. The molecule has 0 amide bonds. The zero-order chi connectivity index (χ0) is 30.4. The van der Waals surface area contributed by atoms with Gasteiger partial charge in [0, 0.05) is 11.1 Å². The predicted octanol–water partition coefficient (Wildman–Crippen LogP) is 6.70. The van der Waals surface area contributed by atoms with Crippen molar-refractivity contribution < 1.29 is 42.1 Å². The van der Waals surface area contributed by atoms with E-state index >= 15 is 0 Å². The number of aromatic nitrogens is 1. The lowest BCUT2D eigenvalue weighted by Crippen LogP contribution is -2.07. The van der Waals surface area contributed by atoms with Crippen LogP contribution in [0.3, 0.4) is 0 Å². The first kappa shape index (κ1) is 30.8. The van der Waals surface area contributed by atoms with E-state index in [0.717, 1.165) is 0 Å². The summed E-state index contributed by atoms with van der Waals surface area (Å²) in [6.45, 7) is 3.78. The largest absolute Gasteiger partial charge is 0.496 e. The summed E-state index contributed by atoms with van der Waals surface area (Å²) in [5.74, 6) is 1.68. The van der Waals surface area contributed by atoms with E-state index < -0.39 is 7.75 Å². The van der Waals surface area contributed by atoms with E-state index in [9.17, 15) is 9.36 Å². The van der Waals surface area contributed by atoms with Gasteiger partial charge in [-0.25, -0.2) is 4.57 Å². The molecule has 0 bridgehead atoms. The molecular formula is C30H35N2O9P. The standard InChI is InChI=1S/C30H35N2O9P/c1-8-40-42(34,41-9-2)32-21-15-18(13-14-22(21)35-3)26-27-20(11-10-12-23(27)36-4)31-28(26)29(33)19-16-24(37-5)30(39-7)25(17-19)38-6/h10-17,31H,8-9H2,1-7H3,(H,32,34). The average molecular weight is 599 g/mol. The second-order valence-corrected chi connectivity index (χ2v) is 10.6. The van der Waals surface area contributed by atoms with E-state index in [2.05, 4.69) is 10.1 Å². The van der Waals surface area contributed by atoms with Crippen molar-refractivity contribution >= 4 is 30.1 Å². The summed E-state index contributed by atoms with van der Waals surface area (Å²) in [6, 6.07) is 13.9. The molecule has 42 heavy (non-hydrogen) atoms. The lowest BCUT2D eigenvalue weighted by Gasteiger charge is -2.21. The molecule has 0 saturated carbocycles. The van der Waals surface area contributed by atoms with Gasteiger partial charge >= 0.3 is 7.75 Å². The molecule has 0 aliphatic heterocycles. The van der Waals surface area contributed by atoms with Crippen LogP contribution in [-0.4, -0.2) is 59.5 Å². The minimum atomic E-state index is -3.72. The Hall–Kier alpha value is -4.18. The molecule has 0 spiro atoms. The van der Waals surface area contributed by atoms with Gasteiger partial charge in [0.2, 0.25) is 11.5 Å². The molecule has 0 radical (unpaired) electrons. The number of aromatic amines is 1. The number of anilines is 1. The van der Waals surface area contributed by atoms with Gasteiger partial charge in [-0.1, -0.05) is 12.1 Å². The summed E-state index contributed by atoms with van der Waals surface area (Å²) in [7, 11) is 3.82. The number of methoxy groups -OCH3 is 5. The van der Waals surface area contributed by atoms with Gasteiger partial charge in [0.1, 0.15) is 11.5 Å². The molecule has 4 rings (SSSR count). The number of fused-ring (bicyclic) bond motifs is 1. The fraction of sp³-hybridized carbons (Fsp3) is 0.300. The molecule has 0 aliphatic carbocycles. The Morgan fingerprint density at radius 1 is 0.786 bits per heavy atom. The number of benzene rings is 3. The Balaban J connectivity index is 1.97. The zero-order valence-electron chi connectivity index (χ0n) is 24.7. The number of H-pyrrole nitrogens is 1. The lowest BCUT2D eigenvalue weighted by molar-refractivity contribution is 0.103. The second-order valence-electron chi connectivity index (χ2n) is 8.86. The third-order valence-electron chi connectivity index (χ3n) is 6.50. The van der Waals surface area contributed by atoms with E-state index in [1.165, 1.54) is 28.4 Å². The molecule has 0 unspecified atom stereocenters. The topological polar surface area (TPSA) is 127 Å². The van der Waals surface area contributed by atoms with Crippen LogP contribution in [0.5, 0.6) is 28.7 Å². The van der Waals surface area contributed by atoms with Crippen LogP contribution < -0.4 is 28.8 Å². The number of hydrogen-bond donors (Lipinski definition) is 2. The number of nitrogens with one attached hydrogen (secondary N) is 2. The van der Waals surface area contributed by atoms with Gasteiger partial charge in [-0.3, -0.25) is 18.9 Å². The maximum Gasteiger partial charge on any atom is 0.432 e. The Kier molecular flexibility index (Phi) is 9.67. The number of ketones is 1. The van der Waals surface area contributed by atoms with E-state index in [4.69, 9.17) is 32.7 Å². The molecule has 1 heterocycles. The van der Waals surface area contributed by atoms with E-state index in [-0.39, 0.29) is 24.7 Å². The van der Waals surface area contributed by atoms with Gasteiger partial charge in [-0.05, 0) is 55.8 Å². The molecule has 0 fully saturated rings. The first-order chi connectivity index (χ1) is 20.3. The highest BCUT2D eigenvalue weighted by atomic mass is 31.2. The molecule has 0 saturated heterocycles. The summed E-state index contributed by atoms with van der Waals surface area (Å²) in [5.41, 5.74) is 2.81. The molecule has 2 N–H and O–H groups in total. The minimum absolute atomic E-state index is 0.166. The van der Waals surface area contributed by atoms with Gasteiger partial charge in [-0.2, -0.15) is 0 Å². The van der Waals surface area contributed by atoms with Gasteiger partial charge < -0.3 is 28.7 Å². The van der Waals surface area contributed by atoms with Crippen molar-refractivity contribution in [2.24, 2.45) is 0 Å². The Morgan fingerprint density at radius 2 is 1.40 bits per heavy atom. The molecule has 224 valence electrons. The van der Waals surface area contributed by atoms with Crippen molar-refractivity contribution in [3.63, 3.8) is 0 Å². The fourth-order valence-corrected chi connectivity index (χ4v) is 6.09. The highest BCUT2D eigenvalue weighted by Gasteiger charge is 2.28. The molecule has 0 atom stereocenters. The summed E-state index contributed by atoms with van der Waals surface area (Å²) in [5, 5.41) is 3.58. The van der Waals surface area contributed by atoms with Gasteiger partial charge in [0.05, 0.1) is 71.0 Å². The minimum Gasteiger partial charge on any atom is -0.496 e. The third kappa shape index (κ3) is 5.90. The predicted molar refractivity (Wildman–Crippen MR) is 161 cm³/mol. The fourth-order valence-electron chi connectivity index (χ4n) is 4.74. The molecule has 1 aromatic heterocycles. The average Bonchev–Trinajstić information content (AvgIpc) is 3.39. The summed E-state index contributed by atoms with van der Waals surface area (Å²) in [6.07, 6.45) is 0. The highest BCUT2D eigenvalue weighted by molar-refractivity contribution is 7.55. The summed E-state index contributed by atoms with van der Waals surface area (Å²) >= 11 is 0. The van der Waals surface area contributed by atoms with Crippen molar-refractivity contribution in [1.29, 1.82) is 0 Å². The highest BCUT2D eigenvalue weighted by Crippen LogP contribution is 2.51. The Labute approximate surface area is 244 Å². The molecular weight excluding hydrogens is 563 g/mol. The van der Waals surface area contributed by atoms with Crippen molar-refractivity contribution in [2.75, 3.05) is 53.9 Å². The Bertz CT molecular complexity index is 1600. The van der Waals surface area contributed by atoms with Crippen LogP contribution in [0.1, 0.15) is 29.9 Å². The summed E-state index contributed by atoms with van der Waals surface area (Å²) < 4.78 is 51.9. The first-order valence-corrected chi connectivity index (χ1v) is 14.7. The van der Waals surface area contributed by atoms with Crippen molar-refractivity contribution in [3.05, 3.63) is 59.8 Å². The van der Waals surface area contributed by atoms with E-state index in [1.807, 2.05) is 18.2 Å². The van der Waals surface area contributed by atoms with Gasteiger partial charge in [0.15, 0.2) is 11.5 Å². The quantitative estimate of drug-likeness (QED) is 0.120. The van der Waals surface area contributed by atoms with Gasteiger partial charge in [-0.15, -0.1) is 0 Å². The monoisotopic (exact) mass is 598 g/mol. The van der Waals surface area contributed by atoms with Crippen molar-refractivity contribution in [1.82, 2.24) is 4.98 Å². The lowest BCUT2D eigenvalue weighted by atomic mass is 9.96. The van der Waals surface area contributed by atoms with Crippen molar-refractivity contribution in [3.8, 4) is 39.9 Å². The van der Waals surface area contributed by atoms with Crippen LogP contribution in [0, 0.1) is 0 Å². The Morgan fingerprint density at radius 3 is 1.95 bits per heavy atom. The van der Waals surface area contributed by atoms with Crippen LogP contribution in [0.4, 0.5) is 5.69 Å². The van der Waals surface area contributed by atoms with Crippen LogP contribution in [0.2, 0.25) is 0 Å². The SMILES string of the molecule is CCOP(=O)(Nc1cc(-c2c(C(=O)c3cc(OC)c(OC)c(OC)c3)[nH]c3cccc(OC)c23)ccc1OC)OCC. The number of ether oxygens (including phenoxy) is 5. The third-order valence-corrected chi connectivity index (χ3v) is 8.21. The van der Waals surface area contributed by atoms with Crippen LogP contribution >= 0.6 is 7.75 Å². The van der Waals surface area contributed by atoms with E-state index in [1.54, 1.807) is 51.3 Å². The number of rotatable bonds is 14. The molecule has 0 aliphatic rings. The smallest absolute Gasteiger partial charge is 0.432 e. The second kappa shape index (κ2) is 13.2. The number of carbonyl (C=O) groups is 1. The molecule has 12 heteroatoms. The molecule has 3 aromatic carbocycles. The molecule has 4 aromatic rings. The van der Waals surface area contributed by atoms with Gasteiger partial charge in [0.25, 0.3) is 0 Å². The van der Waals surface area contributed by atoms with Crippen LogP contribution in [-0.2, 0) is 13.6 Å². The molecule has 11 nitrogen and oxygen atoms in total. The number of carbonyl (C=O) groups excluding carboxylic acids is 1. The number of hydrogen-bond acceptors (Lipinski definition) is 9. The normalized spacial score (nSPS) is 11.3. The van der Waals surface area contributed by atoms with E-state index in [0.29, 0.717) is 62.0 Å². The summed E-state index contributed by atoms with van der Waals surface area (Å²) in [4.78, 5) is 17.5. The zero-order valence-corrected chi connectivity index (χ0v) is 25.5. The van der Waals surface area contributed by atoms with Crippen molar-refractivity contribution in [2.45, 2.75) is 13.8 Å².